The van der Waals surface area contributed by atoms with E-state index in [9.17, 15) is 9.59 Å². The predicted octanol–water partition coefficient (Wildman–Crippen LogP) is 2.94. The molecule has 7 heteroatoms. The van der Waals surface area contributed by atoms with Crippen molar-refractivity contribution in [2.24, 2.45) is 11.8 Å². The van der Waals surface area contributed by atoms with E-state index in [1.54, 1.807) is 32.0 Å². The fourth-order valence-electron chi connectivity index (χ4n) is 1.76. The zero-order valence-corrected chi connectivity index (χ0v) is 13.7. The number of nitrogens with one attached hydrogen (secondary N) is 2. The molecule has 0 spiro atoms. The third-order valence-electron chi connectivity index (χ3n) is 3.01. The summed E-state index contributed by atoms with van der Waals surface area (Å²) in [5.74, 6) is -1.10. The van der Waals surface area contributed by atoms with Crippen LogP contribution in [0, 0.1) is 11.8 Å². The quantitative estimate of drug-likeness (QED) is 0.729. The fourth-order valence-corrected chi connectivity index (χ4v) is 2.12. The SMILES string of the molecule is COc1ccc(Br)cc1NC(=O)NCC(C(=O)O)C(C)C. The minimum absolute atomic E-state index is 0.0646. The van der Waals surface area contributed by atoms with Crippen LogP contribution in [0.2, 0.25) is 0 Å². The molecule has 1 atom stereocenters. The minimum atomic E-state index is -0.926. The van der Waals surface area contributed by atoms with Gasteiger partial charge in [-0.25, -0.2) is 4.79 Å². The average Bonchev–Trinajstić information content (AvgIpc) is 2.38. The summed E-state index contributed by atoms with van der Waals surface area (Å²) in [6.07, 6.45) is 0. The first-order valence-electron chi connectivity index (χ1n) is 6.46. The monoisotopic (exact) mass is 358 g/mol. The molecule has 1 aromatic carbocycles. The summed E-state index contributed by atoms with van der Waals surface area (Å²) in [7, 11) is 1.51. The van der Waals surface area contributed by atoms with Gasteiger partial charge in [-0.05, 0) is 24.1 Å². The highest BCUT2D eigenvalue weighted by Gasteiger charge is 2.22. The molecule has 1 rings (SSSR count). The van der Waals surface area contributed by atoms with Gasteiger partial charge in [-0.15, -0.1) is 0 Å². The Hall–Kier alpha value is -1.76. The maximum absolute atomic E-state index is 11.9. The lowest BCUT2D eigenvalue weighted by Gasteiger charge is -2.17. The lowest BCUT2D eigenvalue weighted by molar-refractivity contribution is -0.142. The Kier molecular flexibility index (Phi) is 6.48. The smallest absolute Gasteiger partial charge is 0.319 e. The number of methoxy groups -OCH3 is 1. The highest BCUT2D eigenvalue weighted by atomic mass is 79.9. The largest absolute Gasteiger partial charge is 0.495 e. The number of amides is 2. The lowest BCUT2D eigenvalue weighted by Crippen LogP contribution is -2.37. The van der Waals surface area contributed by atoms with Gasteiger partial charge in [0.15, 0.2) is 0 Å². The number of hydrogen-bond donors (Lipinski definition) is 3. The molecule has 3 N–H and O–H groups in total. The van der Waals surface area contributed by atoms with E-state index in [2.05, 4.69) is 26.6 Å². The maximum atomic E-state index is 11.9. The van der Waals surface area contributed by atoms with Crippen molar-refractivity contribution in [3.05, 3.63) is 22.7 Å². The number of carbonyl (C=O) groups is 2. The van der Waals surface area contributed by atoms with Crippen LogP contribution >= 0.6 is 15.9 Å². The fraction of sp³-hybridized carbons (Fsp3) is 0.429. The molecule has 0 aliphatic carbocycles. The van der Waals surface area contributed by atoms with Crippen LogP contribution in [0.3, 0.4) is 0 Å². The molecular weight excluding hydrogens is 340 g/mol. The third-order valence-corrected chi connectivity index (χ3v) is 3.51. The van der Waals surface area contributed by atoms with Gasteiger partial charge in [0, 0.05) is 11.0 Å². The van der Waals surface area contributed by atoms with E-state index in [1.165, 1.54) is 7.11 Å². The molecule has 116 valence electrons. The molecule has 6 nitrogen and oxygen atoms in total. The molecule has 1 unspecified atom stereocenters. The molecular formula is C14H19BrN2O4. The molecule has 0 saturated heterocycles. The molecule has 2 amide bonds. The van der Waals surface area contributed by atoms with Crippen LogP contribution in [0.15, 0.2) is 22.7 Å². The summed E-state index contributed by atoms with van der Waals surface area (Å²) in [5, 5.41) is 14.3. The molecule has 0 radical (unpaired) electrons. The Balaban J connectivity index is 2.66. The second kappa shape index (κ2) is 7.87. The molecule has 21 heavy (non-hydrogen) atoms. The standard InChI is InChI=1S/C14H19BrN2O4/c1-8(2)10(13(18)19)7-16-14(20)17-11-6-9(15)4-5-12(11)21-3/h4-6,8,10H,7H2,1-3H3,(H,18,19)(H2,16,17,20). The van der Waals surface area contributed by atoms with Gasteiger partial charge >= 0.3 is 12.0 Å². The lowest BCUT2D eigenvalue weighted by atomic mass is 9.96. The average molecular weight is 359 g/mol. The van der Waals surface area contributed by atoms with Crippen LogP contribution in [0.1, 0.15) is 13.8 Å². The molecule has 0 fully saturated rings. The van der Waals surface area contributed by atoms with Gasteiger partial charge in [-0.2, -0.15) is 0 Å². The van der Waals surface area contributed by atoms with E-state index in [0.29, 0.717) is 11.4 Å². The zero-order chi connectivity index (χ0) is 16.0. The Bertz CT molecular complexity index is 520. The van der Waals surface area contributed by atoms with Gasteiger partial charge in [-0.3, -0.25) is 4.79 Å². The van der Waals surface area contributed by atoms with Crippen molar-refractivity contribution in [3.63, 3.8) is 0 Å². The molecule has 0 bridgehead atoms. The summed E-state index contributed by atoms with van der Waals surface area (Å²) in [4.78, 5) is 22.9. The Morgan fingerprint density at radius 1 is 1.38 bits per heavy atom. The number of aliphatic carboxylic acids is 1. The second-order valence-electron chi connectivity index (χ2n) is 4.87. The number of carboxylic acids is 1. The Morgan fingerprint density at radius 3 is 2.57 bits per heavy atom. The predicted molar refractivity (Wildman–Crippen MR) is 83.7 cm³/mol. The molecule has 0 aromatic heterocycles. The minimum Gasteiger partial charge on any atom is -0.495 e. The molecule has 0 saturated carbocycles. The summed E-state index contributed by atoms with van der Waals surface area (Å²) in [6.45, 7) is 3.67. The van der Waals surface area contributed by atoms with Gasteiger partial charge in [0.05, 0.1) is 18.7 Å². The van der Waals surface area contributed by atoms with Crippen molar-refractivity contribution in [3.8, 4) is 5.75 Å². The van der Waals surface area contributed by atoms with Crippen molar-refractivity contribution in [1.29, 1.82) is 0 Å². The topological polar surface area (TPSA) is 87.7 Å². The number of carboxylic acid groups (broad SMARTS) is 1. The maximum Gasteiger partial charge on any atom is 0.319 e. The Morgan fingerprint density at radius 2 is 2.05 bits per heavy atom. The van der Waals surface area contributed by atoms with E-state index in [1.807, 2.05) is 0 Å². The van der Waals surface area contributed by atoms with Crippen LogP contribution in [0.4, 0.5) is 10.5 Å². The first-order chi connectivity index (χ1) is 9.85. The van der Waals surface area contributed by atoms with E-state index >= 15 is 0 Å². The number of benzene rings is 1. The first kappa shape index (κ1) is 17.3. The van der Waals surface area contributed by atoms with Crippen molar-refractivity contribution >= 4 is 33.6 Å². The van der Waals surface area contributed by atoms with Crippen molar-refractivity contribution in [1.82, 2.24) is 5.32 Å². The summed E-state index contributed by atoms with van der Waals surface area (Å²) in [6, 6.07) is 4.74. The molecule has 0 aliphatic rings. The highest BCUT2D eigenvalue weighted by molar-refractivity contribution is 9.10. The van der Waals surface area contributed by atoms with Crippen molar-refractivity contribution in [2.75, 3.05) is 19.0 Å². The summed E-state index contributed by atoms with van der Waals surface area (Å²) < 4.78 is 5.94. The molecule has 0 heterocycles. The number of ether oxygens (including phenoxy) is 1. The number of halogens is 1. The van der Waals surface area contributed by atoms with Crippen molar-refractivity contribution < 1.29 is 19.4 Å². The second-order valence-corrected chi connectivity index (χ2v) is 5.78. The van der Waals surface area contributed by atoms with Crippen molar-refractivity contribution in [2.45, 2.75) is 13.8 Å². The van der Waals surface area contributed by atoms with Gasteiger partial charge in [0.2, 0.25) is 0 Å². The number of rotatable bonds is 6. The number of anilines is 1. The van der Waals surface area contributed by atoms with E-state index in [-0.39, 0.29) is 12.5 Å². The van der Waals surface area contributed by atoms with Gasteiger partial charge in [-0.1, -0.05) is 29.8 Å². The summed E-state index contributed by atoms with van der Waals surface area (Å²) >= 11 is 3.31. The van der Waals surface area contributed by atoms with Gasteiger partial charge in [0.25, 0.3) is 0 Å². The normalized spacial score (nSPS) is 11.9. The van der Waals surface area contributed by atoms with Crippen LogP contribution in [-0.2, 0) is 4.79 Å². The van der Waals surface area contributed by atoms with Gasteiger partial charge < -0.3 is 20.5 Å². The first-order valence-corrected chi connectivity index (χ1v) is 7.25. The van der Waals surface area contributed by atoms with Crippen LogP contribution in [-0.4, -0.2) is 30.8 Å². The number of hydrogen-bond acceptors (Lipinski definition) is 3. The Labute approximate surface area is 132 Å². The van der Waals surface area contributed by atoms with Gasteiger partial charge in [0.1, 0.15) is 5.75 Å². The van der Waals surface area contributed by atoms with Crippen LogP contribution in [0.5, 0.6) is 5.75 Å². The number of carbonyl (C=O) groups excluding carboxylic acids is 1. The summed E-state index contributed by atoms with van der Waals surface area (Å²) in [5.41, 5.74) is 0.501. The van der Waals surface area contributed by atoms with E-state index in [4.69, 9.17) is 9.84 Å². The molecule has 0 aliphatic heterocycles. The van der Waals surface area contributed by atoms with E-state index in [0.717, 1.165) is 4.47 Å². The number of urea groups is 1. The molecule has 1 aromatic rings. The van der Waals surface area contributed by atoms with Crippen LogP contribution < -0.4 is 15.4 Å². The zero-order valence-electron chi connectivity index (χ0n) is 12.1. The third kappa shape index (κ3) is 5.26. The van der Waals surface area contributed by atoms with E-state index < -0.39 is 17.9 Å². The van der Waals surface area contributed by atoms with Crippen LogP contribution in [0.25, 0.3) is 0 Å². The highest BCUT2D eigenvalue weighted by Crippen LogP contribution is 2.27.